The topological polar surface area (TPSA) is 93.1 Å². The molecule has 1 heterocycles. The Morgan fingerprint density at radius 2 is 1.60 bits per heavy atom. The molecular weight excluding hydrogens is 380 g/mol. The molecule has 3 aromatic rings. The molecule has 0 aliphatic rings. The van der Waals surface area contributed by atoms with E-state index in [1.54, 1.807) is 6.92 Å². The Morgan fingerprint density at radius 1 is 0.933 bits per heavy atom. The summed E-state index contributed by atoms with van der Waals surface area (Å²) in [6.45, 7) is 5.23. The maximum Gasteiger partial charge on any atom is 0.291 e. The monoisotopic (exact) mass is 404 g/mol. The Bertz CT molecular complexity index is 1120. The number of rotatable bonds is 6. The molecule has 0 radical (unpaired) electrons. The van der Waals surface area contributed by atoms with Gasteiger partial charge in [0.25, 0.3) is 5.56 Å². The van der Waals surface area contributed by atoms with Gasteiger partial charge in [-0.3, -0.25) is 14.4 Å². The number of carbonyl (C=O) groups excluding carboxylic acids is 2. The molecule has 0 atom stereocenters. The zero-order valence-electron chi connectivity index (χ0n) is 17.2. The van der Waals surface area contributed by atoms with Gasteiger partial charge >= 0.3 is 0 Å². The number of benzene rings is 2. The van der Waals surface area contributed by atoms with Crippen molar-refractivity contribution in [1.82, 2.24) is 9.78 Å². The molecule has 2 N–H and O–H groups in total. The van der Waals surface area contributed by atoms with Crippen LogP contribution in [0.2, 0.25) is 0 Å². The van der Waals surface area contributed by atoms with Crippen LogP contribution in [0, 0.1) is 13.8 Å². The average Bonchev–Trinajstić information content (AvgIpc) is 2.74. The first-order chi connectivity index (χ1) is 14.4. The van der Waals surface area contributed by atoms with Crippen LogP contribution in [-0.4, -0.2) is 21.6 Å². The number of hydrogen-bond acceptors (Lipinski definition) is 4. The van der Waals surface area contributed by atoms with Gasteiger partial charge in [0.05, 0.1) is 5.69 Å². The highest BCUT2D eigenvalue weighted by atomic mass is 16.2. The third-order valence-electron chi connectivity index (χ3n) is 4.68. The molecule has 0 spiro atoms. The molecule has 2 amide bonds. The molecule has 7 nitrogen and oxygen atoms in total. The van der Waals surface area contributed by atoms with E-state index >= 15 is 0 Å². The molecule has 2 aromatic carbocycles. The summed E-state index contributed by atoms with van der Waals surface area (Å²) < 4.78 is 1.08. The molecule has 0 aliphatic carbocycles. The number of para-hydroxylation sites is 1. The molecule has 30 heavy (non-hydrogen) atoms. The zero-order valence-corrected chi connectivity index (χ0v) is 17.2. The van der Waals surface area contributed by atoms with E-state index in [0.717, 1.165) is 21.4 Å². The summed E-state index contributed by atoms with van der Waals surface area (Å²) in [5.41, 5.74) is 3.39. The lowest BCUT2D eigenvalue weighted by Crippen LogP contribution is -2.32. The lowest BCUT2D eigenvalue weighted by atomic mass is 10.1. The second-order valence-electron chi connectivity index (χ2n) is 6.99. The van der Waals surface area contributed by atoms with Crippen LogP contribution in [0.25, 0.3) is 11.3 Å². The highest BCUT2D eigenvalue weighted by Gasteiger charge is 2.15. The second-order valence-corrected chi connectivity index (χ2v) is 6.99. The number of nitrogens with zero attached hydrogens (tertiary/aromatic N) is 2. The maximum absolute atomic E-state index is 12.8. The maximum atomic E-state index is 12.8. The van der Waals surface area contributed by atoms with Gasteiger partial charge in [-0.2, -0.15) is 5.10 Å². The van der Waals surface area contributed by atoms with E-state index in [-0.39, 0.29) is 30.5 Å². The Hall–Kier alpha value is -3.74. The average molecular weight is 404 g/mol. The van der Waals surface area contributed by atoms with Crippen molar-refractivity contribution in [3.05, 3.63) is 76.1 Å². The quantitative estimate of drug-likeness (QED) is 0.657. The molecule has 3 rings (SSSR count). The number of nitrogens with one attached hydrogen (secondary N) is 2. The largest absolute Gasteiger partial charge is 0.324 e. The Morgan fingerprint density at radius 3 is 2.23 bits per heavy atom. The number of carbonyl (C=O) groups is 2. The van der Waals surface area contributed by atoms with E-state index in [1.807, 2.05) is 62.4 Å². The van der Waals surface area contributed by atoms with Crippen LogP contribution in [-0.2, 0) is 16.1 Å². The molecule has 1 aromatic heterocycles. The van der Waals surface area contributed by atoms with Crippen LogP contribution in [0.3, 0.4) is 0 Å². The van der Waals surface area contributed by atoms with Crippen molar-refractivity contribution >= 4 is 23.2 Å². The lowest BCUT2D eigenvalue weighted by molar-refractivity contribution is -0.117. The van der Waals surface area contributed by atoms with Crippen LogP contribution in [0.4, 0.5) is 11.4 Å². The van der Waals surface area contributed by atoms with E-state index in [9.17, 15) is 14.4 Å². The molecule has 7 heteroatoms. The molecule has 0 aliphatic heterocycles. The summed E-state index contributed by atoms with van der Waals surface area (Å²) in [5.74, 6) is -0.663. The van der Waals surface area contributed by atoms with Crippen molar-refractivity contribution in [1.29, 1.82) is 0 Å². The third-order valence-corrected chi connectivity index (χ3v) is 4.68. The van der Waals surface area contributed by atoms with Gasteiger partial charge in [0.1, 0.15) is 12.2 Å². The minimum atomic E-state index is -0.534. The van der Waals surface area contributed by atoms with E-state index in [2.05, 4.69) is 15.7 Å². The molecule has 0 unspecified atom stereocenters. The van der Waals surface area contributed by atoms with Crippen molar-refractivity contribution in [3.63, 3.8) is 0 Å². The van der Waals surface area contributed by atoms with Crippen LogP contribution >= 0.6 is 0 Å². The van der Waals surface area contributed by atoms with Gasteiger partial charge in [0.2, 0.25) is 11.8 Å². The van der Waals surface area contributed by atoms with Crippen LogP contribution < -0.4 is 16.2 Å². The van der Waals surface area contributed by atoms with Crippen LogP contribution in [0.15, 0.2) is 59.4 Å². The number of amides is 2. The Labute approximate surface area is 174 Å². The van der Waals surface area contributed by atoms with Crippen molar-refractivity contribution < 1.29 is 9.59 Å². The normalized spacial score (nSPS) is 10.5. The third kappa shape index (κ3) is 4.81. The van der Waals surface area contributed by atoms with Crippen molar-refractivity contribution in [2.24, 2.45) is 0 Å². The van der Waals surface area contributed by atoms with Gasteiger partial charge < -0.3 is 10.6 Å². The fourth-order valence-corrected chi connectivity index (χ4v) is 3.05. The van der Waals surface area contributed by atoms with Gasteiger partial charge in [-0.25, -0.2) is 4.68 Å². The summed E-state index contributed by atoms with van der Waals surface area (Å²) in [6.07, 6.45) is 0.232. The first-order valence-corrected chi connectivity index (χ1v) is 9.72. The van der Waals surface area contributed by atoms with Gasteiger partial charge in [0.15, 0.2) is 0 Å². The van der Waals surface area contributed by atoms with Crippen LogP contribution in [0.1, 0.15) is 24.5 Å². The molecule has 0 bridgehead atoms. The fourth-order valence-electron chi connectivity index (χ4n) is 3.05. The van der Waals surface area contributed by atoms with E-state index < -0.39 is 5.56 Å². The number of hydrogen-bond donors (Lipinski definition) is 2. The van der Waals surface area contributed by atoms with E-state index in [0.29, 0.717) is 11.4 Å². The molecule has 0 saturated heterocycles. The highest BCUT2D eigenvalue weighted by Crippen LogP contribution is 2.20. The highest BCUT2D eigenvalue weighted by molar-refractivity contribution is 5.93. The summed E-state index contributed by atoms with van der Waals surface area (Å²) in [6, 6.07) is 16.5. The lowest BCUT2D eigenvalue weighted by Gasteiger charge is -2.14. The minimum Gasteiger partial charge on any atom is -0.324 e. The standard InChI is InChI=1S/C23H24N4O3/c1-4-20(28)24-19-13-18(17-11-6-5-7-12-17)26-27(23(19)30)14-21(29)25-22-15(2)9-8-10-16(22)3/h5-13H,4,14H2,1-3H3,(H,24,28)(H,25,29). The molecule has 154 valence electrons. The predicted octanol–water partition coefficient (Wildman–Crippen LogP) is 3.51. The van der Waals surface area contributed by atoms with E-state index in [4.69, 9.17) is 0 Å². The molecular formula is C23H24N4O3. The van der Waals surface area contributed by atoms with Gasteiger partial charge in [-0.05, 0) is 31.0 Å². The first-order valence-electron chi connectivity index (χ1n) is 9.72. The Balaban J connectivity index is 1.96. The van der Waals surface area contributed by atoms with Gasteiger partial charge in [-0.1, -0.05) is 55.5 Å². The number of anilines is 2. The van der Waals surface area contributed by atoms with Crippen molar-refractivity contribution in [2.45, 2.75) is 33.7 Å². The van der Waals surface area contributed by atoms with Crippen molar-refractivity contribution in [3.8, 4) is 11.3 Å². The predicted molar refractivity (Wildman–Crippen MR) is 117 cm³/mol. The SMILES string of the molecule is CCC(=O)Nc1cc(-c2ccccc2)nn(CC(=O)Nc2c(C)cccc2C)c1=O. The van der Waals surface area contributed by atoms with Gasteiger partial charge in [-0.15, -0.1) is 0 Å². The summed E-state index contributed by atoms with van der Waals surface area (Å²) in [7, 11) is 0. The minimum absolute atomic E-state index is 0.0931. The summed E-state index contributed by atoms with van der Waals surface area (Å²) >= 11 is 0. The Kier molecular flexibility index (Phi) is 6.41. The summed E-state index contributed by atoms with van der Waals surface area (Å²) in [5, 5.41) is 9.82. The smallest absolute Gasteiger partial charge is 0.291 e. The fraction of sp³-hybridized carbons (Fsp3) is 0.217. The number of aryl methyl sites for hydroxylation is 2. The summed E-state index contributed by atoms with van der Waals surface area (Å²) in [4.78, 5) is 37.4. The van der Waals surface area contributed by atoms with E-state index in [1.165, 1.54) is 6.07 Å². The van der Waals surface area contributed by atoms with Gasteiger partial charge in [0, 0.05) is 17.7 Å². The van der Waals surface area contributed by atoms with Crippen LogP contribution in [0.5, 0.6) is 0 Å². The zero-order chi connectivity index (χ0) is 21.7. The number of aromatic nitrogens is 2. The van der Waals surface area contributed by atoms with Crippen molar-refractivity contribution in [2.75, 3.05) is 10.6 Å². The molecule has 0 saturated carbocycles. The second kappa shape index (κ2) is 9.17. The first kappa shape index (κ1) is 21.0. The molecule has 0 fully saturated rings.